The van der Waals surface area contributed by atoms with E-state index in [4.69, 9.17) is 0 Å². The molecule has 5 heteroatoms. The number of hydrogen-bond acceptors (Lipinski definition) is 3. The van der Waals surface area contributed by atoms with Crippen LogP contribution in [0.5, 0.6) is 0 Å². The zero-order valence-corrected chi connectivity index (χ0v) is 18.6. The van der Waals surface area contributed by atoms with Crippen LogP contribution in [0.4, 0.5) is 0 Å². The van der Waals surface area contributed by atoms with Crippen LogP contribution in [0.25, 0.3) is 17.0 Å². The Labute approximate surface area is 185 Å². The van der Waals surface area contributed by atoms with E-state index in [0.717, 1.165) is 34.0 Å². The predicted octanol–water partition coefficient (Wildman–Crippen LogP) is 5.15. The van der Waals surface area contributed by atoms with Gasteiger partial charge < -0.3 is 14.6 Å². The van der Waals surface area contributed by atoms with Crippen LogP contribution >= 0.6 is 15.9 Å². The third-order valence-corrected chi connectivity index (χ3v) is 6.22. The first-order chi connectivity index (χ1) is 14.6. The van der Waals surface area contributed by atoms with E-state index in [0.29, 0.717) is 18.7 Å². The van der Waals surface area contributed by atoms with Gasteiger partial charge in [-0.25, -0.2) is 0 Å². The quantitative estimate of drug-likeness (QED) is 0.386. The molecule has 1 aliphatic rings. The van der Waals surface area contributed by atoms with E-state index in [9.17, 15) is 9.90 Å². The summed E-state index contributed by atoms with van der Waals surface area (Å²) >= 11 is 3.40. The molecule has 2 aromatic carbocycles. The number of β-amino-alcohol motifs (C(OH)–C–C–N with tert-alkyl or cyclic N) is 1. The molecule has 0 spiro atoms. The molecule has 30 heavy (non-hydrogen) atoms. The number of rotatable bonds is 7. The first kappa shape index (κ1) is 21.0. The Bertz CT molecular complexity index is 1030. The Morgan fingerprint density at radius 3 is 2.53 bits per heavy atom. The molecule has 0 aliphatic carbocycles. The minimum Gasteiger partial charge on any atom is -0.390 e. The molecule has 156 valence electrons. The molecule has 3 aromatic rings. The van der Waals surface area contributed by atoms with E-state index in [1.165, 1.54) is 19.3 Å². The van der Waals surface area contributed by atoms with Crippen molar-refractivity contribution in [3.05, 3.63) is 76.4 Å². The summed E-state index contributed by atoms with van der Waals surface area (Å²) in [5.74, 6) is -0.0236. The Morgan fingerprint density at radius 2 is 1.77 bits per heavy atom. The number of fused-ring (bicyclic) bond motifs is 1. The molecule has 1 saturated heterocycles. The lowest BCUT2D eigenvalue weighted by Crippen LogP contribution is -2.37. The van der Waals surface area contributed by atoms with Crippen molar-refractivity contribution >= 4 is 38.7 Å². The third-order valence-electron chi connectivity index (χ3n) is 5.69. The number of hydrogen-bond donors (Lipinski definition) is 1. The van der Waals surface area contributed by atoms with Gasteiger partial charge in [-0.3, -0.25) is 4.79 Å². The van der Waals surface area contributed by atoms with Crippen molar-refractivity contribution in [2.45, 2.75) is 31.9 Å². The molecule has 1 aliphatic heterocycles. The van der Waals surface area contributed by atoms with Crippen LogP contribution in [0.1, 0.15) is 35.2 Å². The zero-order chi connectivity index (χ0) is 20.9. The SMILES string of the molecule is O=C(/C=C\c1cn(C[C@H](O)CN2CCCCC2)c2ccccc12)c1ccc(Br)cc1. The molecule has 0 amide bonds. The van der Waals surface area contributed by atoms with Crippen LogP contribution in [0.2, 0.25) is 0 Å². The Balaban J connectivity index is 1.51. The van der Waals surface area contributed by atoms with Gasteiger partial charge in [-0.15, -0.1) is 0 Å². The van der Waals surface area contributed by atoms with Crippen molar-refractivity contribution in [3.63, 3.8) is 0 Å². The van der Waals surface area contributed by atoms with Crippen molar-refractivity contribution in [3.8, 4) is 0 Å². The normalized spacial score (nSPS) is 16.3. The lowest BCUT2D eigenvalue weighted by molar-refractivity contribution is 0.0892. The van der Waals surface area contributed by atoms with E-state index in [1.54, 1.807) is 6.08 Å². The van der Waals surface area contributed by atoms with Gasteiger partial charge in [0.25, 0.3) is 0 Å². The van der Waals surface area contributed by atoms with Gasteiger partial charge in [-0.2, -0.15) is 0 Å². The number of carbonyl (C=O) groups excluding carboxylic acids is 1. The van der Waals surface area contributed by atoms with Gasteiger partial charge in [0.1, 0.15) is 0 Å². The number of ketones is 1. The summed E-state index contributed by atoms with van der Waals surface area (Å²) in [6.45, 7) is 3.41. The highest BCUT2D eigenvalue weighted by Gasteiger charge is 2.16. The highest BCUT2D eigenvalue weighted by molar-refractivity contribution is 9.10. The largest absolute Gasteiger partial charge is 0.390 e. The van der Waals surface area contributed by atoms with Crippen LogP contribution in [-0.4, -0.2) is 46.1 Å². The number of carbonyl (C=O) groups is 1. The van der Waals surface area contributed by atoms with Crippen molar-refractivity contribution < 1.29 is 9.90 Å². The topological polar surface area (TPSA) is 45.5 Å². The maximum absolute atomic E-state index is 12.5. The molecular formula is C25H27BrN2O2. The number of aliphatic hydroxyl groups is 1. The molecule has 0 unspecified atom stereocenters. The van der Waals surface area contributed by atoms with E-state index < -0.39 is 6.10 Å². The number of benzene rings is 2. The fourth-order valence-electron chi connectivity index (χ4n) is 4.16. The Hall–Kier alpha value is -2.21. The molecule has 0 radical (unpaired) electrons. The van der Waals surface area contributed by atoms with Gasteiger partial charge in [-0.1, -0.05) is 40.5 Å². The Kier molecular flexibility index (Phi) is 6.82. The highest BCUT2D eigenvalue weighted by Crippen LogP contribution is 2.23. The number of aromatic nitrogens is 1. The number of halogens is 1. The number of allylic oxidation sites excluding steroid dienone is 1. The van der Waals surface area contributed by atoms with E-state index in [-0.39, 0.29) is 5.78 Å². The molecule has 1 fully saturated rings. The summed E-state index contributed by atoms with van der Waals surface area (Å²) in [6.07, 6.45) is 8.86. The number of aliphatic hydroxyl groups excluding tert-OH is 1. The maximum atomic E-state index is 12.5. The standard InChI is InChI=1S/C25H27BrN2O2/c26-21-11-8-19(9-12-21)25(30)13-10-20-16-28(24-7-3-2-6-23(20)24)18-22(29)17-27-14-4-1-5-15-27/h2-3,6-13,16,22,29H,1,4-5,14-15,17-18H2/b13-10-/t22-/m1/s1. The average molecular weight is 467 g/mol. The van der Waals surface area contributed by atoms with Gasteiger partial charge in [0.15, 0.2) is 5.78 Å². The summed E-state index contributed by atoms with van der Waals surface area (Å²) in [4.78, 5) is 14.9. The van der Waals surface area contributed by atoms with Crippen LogP contribution in [0.15, 0.2) is 65.3 Å². The molecular weight excluding hydrogens is 440 g/mol. The minimum absolute atomic E-state index is 0.0236. The first-order valence-corrected chi connectivity index (χ1v) is 11.4. The third kappa shape index (κ3) is 5.09. The second kappa shape index (κ2) is 9.73. The number of para-hydroxylation sites is 1. The van der Waals surface area contributed by atoms with Gasteiger partial charge in [0.05, 0.1) is 6.10 Å². The molecule has 1 aromatic heterocycles. The summed E-state index contributed by atoms with van der Waals surface area (Å²) < 4.78 is 3.06. The first-order valence-electron chi connectivity index (χ1n) is 10.6. The van der Waals surface area contributed by atoms with Crippen molar-refractivity contribution in [1.29, 1.82) is 0 Å². The molecule has 0 saturated carbocycles. The van der Waals surface area contributed by atoms with Crippen molar-refractivity contribution in [2.75, 3.05) is 19.6 Å². The summed E-state index contributed by atoms with van der Waals surface area (Å²) in [6, 6.07) is 15.5. The molecule has 0 bridgehead atoms. The van der Waals surface area contributed by atoms with Crippen LogP contribution in [-0.2, 0) is 6.54 Å². The summed E-state index contributed by atoms with van der Waals surface area (Å²) in [5.41, 5.74) is 2.72. The lowest BCUT2D eigenvalue weighted by Gasteiger charge is -2.28. The summed E-state index contributed by atoms with van der Waals surface area (Å²) in [7, 11) is 0. The second-order valence-electron chi connectivity index (χ2n) is 7.97. The zero-order valence-electron chi connectivity index (χ0n) is 17.0. The molecule has 4 nitrogen and oxygen atoms in total. The molecule has 1 N–H and O–H groups in total. The van der Waals surface area contributed by atoms with E-state index in [1.807, 2.05) is 48.7 Å². The lowest BCUT2D eigenvalue weighted by atomic mass is 10.1. The molecule has 4 rings (SSSR count). The molecule has 1 atom stereocenters. The smallest absolute Gasteiger partial charge is 0.185 e. The van der Waals surface area contributed by atoms with Gasteiger partial charge in [0, 0.05) is 45.8 Å². The van der Waals surface area contributed by atoms with Gasteiger partial charge in [0.2, 0.25) is 0 Å². The van der Waals surface area contributed by atoms with Crippen molar-refractivity contribution in [1.82, 2.24) is 9.47 Å². The highest BCUT2D eigenvalue weighted by atomic mass is 79.9. The summed E-state index contributed by atoms with van der Waals surface area (Å²) in [5, 5.41) is 11.8. The van der Waals surface area contributed by atoms with Crippen LogP contribution < -0.4 is 0 Å². The maximum Gasteiger partial charge on any atom is 0.185 e. The second-order valence-corrected chi connectivity index (χ2v) is 8.89. The predicted molar refractivity (Wildman–Crippen MR) is 126 cm³/mol. The van der Waals surface area contributed by atoms with E-state index in [2.05, 4.69) is 37.5 Å². The fraction of sp³-hybridized carbons (Fsp3) is 0.320. The number of likely N-dealkylation sites (tertiary alicyclic amines) is 1. The van der Waals surface area contributed by atoms with Gasteiger partial charge >= 0.3 is 0 Å². The average Bonchev–Trinajstić information content (AvgIpc) is 3.10. The van der Waals surface area contributed by atoms with E-state index >= 15 is 0 Å². The van der Waals surface area contributed by atoms with Crippen LogP contribution in [0.3, 0.4) is 0 Å². The molecule has 2 heterocycles. The van der Waals surface area contributed by atoms with Crippen molar-refractivity contribution in [2.24, 2.45) is 0 Å². The number of nitrogens with zero attached hydrogens (tertiary/aromatic N) is 2. The monoisotopic (exact) mass is 466 g/mol. The minimum atomic E-state index is -0.417. The number of piperidine rings is 1. The van der Waals surface area contributed by atoms with Crippen LogP contribution in [0, 0.1) is 0 Å². The van der Waals surface area contributed by atoms with Gasteiger partial charge in [-0.05, 0) is 68.4 Å². The Morgan fingerprint density at radius 1 is 1.03 bits per heavy atom. The fourth-order valence-corrected chi connectivity index (χ4v) is 4.42.